The minimum atomic E-state index is -1.07. The Kier molecular flexibility index (Phi) is 5.97. The van der Waals surface area contributed by atoms with E-state index in [0.29, 0.717) is 25.9 Å². The second-order valence-corrected chi connectivity index (χ2v) is 7.63. The summed E-state index contributed by atoms with van der Waals surface area (Å²) in [5, 5.41) is 12.1. The normalized spacial score (nSPS) is 24.9. The average Bonchev–Trinajstić information content (AvgIpc) is 2.62. The number of carbonyl (C=O) groups is 2. The largest absolute Gasteiger partial charge is 0.550 e. The zero-order valence-corrected chi connectivity index (χ0v) is 15.1. The first-order chi connectivity index (χ1) is 12.0. The third kappa shape index (κ3) is 4.53. The summed E-state index contributed by atoms with van der Waals surface area (Å²) in [6.45, 7) is 4.02. The van der Waals surface area contributed by atoms with Gasteiger partial charge in [-0.05, 0) is 25.0 Å². The number of rotatable bonds is 4. The van der Waals surface area contributed by atoms with Gasteiger partial charge in [0.1, 0.15) is 6.54 Å². The summed E-state index contributed by atoms with van der Waals surface area (Å²) in [4.78, 5) is 27.4. The van der Waals surface area contributed by atoms with Crippen molar-refractivity contribution in [2.45, 2.75) is 32.2 Å². The zero-order chi connectivity index (χ0) is 17.8. The number of hydrogen-bond donors (Lipinski definition) is 1. The van der Waals surface area contributed by atoms with Gasteiger partial charge in [-0.25, -0.2) is 0 Å². The van der Waals surface area contributed by atoms with Crippen LogP contribution in [-0.4, -0.2) is 43.0 Å². The summed E-state index contributed by atoms with van der Waals surface area (Å²) in [5.74, 6) is -2.06. The number of hydrogen-bond acceptors (Lipinski definition) is 3. The van der Waals surface area contributed by atoms with Crippen LogP contribution in [-0.2, 0) is 16.1 Å². The highest BCUT2D eigenvalue weighted by Crippen LogP contribution is 2.31. The molecule has 0 spiro atoms. The van der Waals surface area contributed by atoms with Gasteiger partial charge in [0, 0.05) is 28.4 Å². The summed E-state index contributed by atoms with van der Waals surface area (Å²) in [6.07, 6.45) is 3.05. The van der Waals surface area contributed by atoms with Gasteiger partial charge < -0.3 is 19.7 Å². The Balaban J connectivity index is 1.54. The Morgan fingerprint density at radius 3 is 2.48 bits per heavy atom. The molecule has 2 fully saturated rings. The van der Waals surface area contributed by atoms with Gasteiger partial charge in [0.2, 0.25) is 5.91 Å². The molecule has 1 saturated heterocycles. The van der Waals surface area contributed by atoms with Crippen molar-refractivity contribution in [3.05, 3.63) is 34.9 Å². The van der Waals surface area contributed by atoms with E-state index in [1.54, 1.807) is 0 Å². The van der Waals surface area contributed by atoms with E-state index in [0.717, 1.165) is 37.5 Å². The number of carboxylic acids is 1. The topological polar surface area (TPSA) is 64.9 Å². The maximum absolute atomic E-state index is 12.8. The summed E-state index contributed by atoms with van der Waals surface area (Å²) in [6, 6.07) is 7.89. The van der Waals surface area contributed by atoms with Crippen LogP contribution < -0.4 is 10.0 Å². The lowest BCUT2D eigenvalue weighted by Gasteiger charge is -2.38. The van der Waals surface area contributed by atoms with Gasteiger partial charge in [0.15, 0.2) is 0 Å². The Morgan fingerprint density at radius 2 is 1.84 bits per heavy atom. The second kappa shape index (κ2) is 8.19. The molecular formula is C19H25ClN2O3. The van der Waals surface area contributed by atoms with Gasteiger partial charge in [0.25, 0.3) is 0 Å². The van der Waals surface area contributed by atoms with Crippen molar-refractivity contribution >= 4 is 23.5 Å². The molecule has 1 saturated carbocycles. The molecule has 1 amide bonds. The molecule has 25 heavy (non-hydrogen) atoms. The summed E-state index contributed by atoms with van der Waals surface area (Å²) in [7, 11) is 0. The maximum atomic E-state index is 12.8. The number of benzene rings is 1. The Hall–Kier alpha value is -1.59. The van der Waals surface area contributed by atoms with Gasteiger partial charge in [-0.1, -0.05) is 36.6 Å². The molecule has 0 bridgehead atoms. The third-order valence-corrected chi connectivity index (χ3v) is 5.75. The zero-order valence-electron chi connectivity index (χ0n) is 14.4. The van der Waals surface area contributed by atoms with Crippen LogP contribution in [0.1, 0.15) is 31.2 Å². The smallest absolute Gasteiger partial charge is 0.226 e. The number of carboxylic acid groups (broad SMARTS) is 1. The van der Waals surface area contributed by atoms with Crippen molar-refractivity contribution in [1.29, 1.82) is 0 Å². The highest BCUT2D eigenvalue weighted by molar-refractivity contribution is 6.30. The van der Waals surface area contributed by atoms with Gasteiger partial charge in [-0.15, -0.1) is 0 Å². The fourth-order valence-electron chi connectivity index (χ4n) is 4.10. The van der Waals surface area contributed by atoms with Crippen LogP contribution in [0.5, 0.6) is 0 Å². The summed E-state index contributed by atoms with van der Waals surface area (Å²) >= 11 is 6.04. The Morgan fingerprint density at radius 1 is 1.16 bits per heavy atom. The number of quaternary nitrogens is 1. The van der Waals surface area contributed by atoms with Crippen molar-refractivity contribution in [3.63, 3.8) is 0 Å². The molecule has 0 aromatic heterocycles. The average molecular weight is 365 g/mol. The number of nitrogens with zero attached hydrogens (tertiary/aromatic N) is 1. The molecule has 5 nitrogen and oxygen atoms in total. The predicted octanol–water partition coefficient (Wildman–Crippen LogP) is 0.123. The van der Waals surface area contributed by atoms with Crippen LogP contribution in [0.2, 0.25) is 5.02 Å². The fraction of sp³-hybridized carbons (Fsp3) is 0.579. The lowest BCUT2D eigenvalue weighted by molar-refractivity contribution is -0.917. The highest BCUT2D eigenvalue weighted by Gasteiger charge is 2.36. The first-order valence-electron chi connectivity index (χ1n) is 9.12. The van der Waals surface area contributed by atoms with E-state index in [-0.39, 0.29) is 5.91 Å². The van der Waals surface area contributed by atoms with E-state index in [2.05, 4.69) is 6.07 Å². The molecule has 1 aliphatic carbocycles. The molecule has 2 atom stereocenters. The van der Waals surface area contributed by atoms with E-state index in [1.807, 2.05) is 23.1 Å². The van der Waals surface area contributed by atoms with Crippen molar-refractivity contribution in [2.75, 3.05) is 26.2 Å². The lowest BCUT2D eigenvalue weighted by Crippen LogP contribution is -3.13. The monoisotopic (exact) mass is 364 g/mol. The van der Waals surface area contributed by atoms with Crippen LogP contribution in [0.15, 0.2) is 24.3 Å². The number of nitrogens with one attached hydrogen (secondary N) is 1. The first-order valence-corrected chi connectivity index (χ1v) is 9.50. The highest BCUT2D eigenvalue weighted by atomic mass is 35.5. The van der Waals surface area contributed by atoms with Crippen molar-refractivity contribution in [1.82, 2.24) is 4.90 Å². The van der Waals surface area contributed by atoms with E-state index >= 15 is 0 Å². The van der Waals surface area contributed by atoms with Crippen LogP contribution >= 0.6 is 11.6 Å². The standard InChI is InChI=1S/C19H25ClN2O3/c20-15-5-3-4-14(12-15)13-21-8-10-22(11-9-21)18(23)16-6-1-2-7-17(16)19(24)25/h3-5,12,16-17H,1-2,6-11,13H2,(H,24,25)/t16-,17-/m0/s1. The van der Waals surface area contributed by atoms with Gasteiger partial charge in [-0.3, -0.25) is 4.79 Å². The molecule has 1 aromatic carbocycles. The van der Waals surface area contributed by atoms with Gasteiger partial charge >= 0.3 is 0 Å². The molecule has 3 rings (SSSR count). The molecule has 1 aliphatic heterocycles. The molecule has 136 valence electrons. The van der Waals surface area contributed by atoms with Crippen molar-refractivity contribution in [2.24, 2.45) is 11.8 Å². The van der Waals surface area contributed by atoms with Crippen LogP contribution in [0, 0.1) is 11.8 Å². The number of piperazine rings is 1. The SMILES string of the molecule is O=C([O-])[C@H]1CCCC[C@@H]1C(=O)N1CC[NH+](Cc2cccc(Cl)c2)CC1. The molecular weight excluding hydrogens is 340 g/mol. The molecule has 1 aromatic rings. The van der Waals surface area contributed by atoms with Crippen molar-refractivity contribution < 1.29 is 19.6 Å². The minimum absolute atomic E-state index is 0.00991. The second-order valence-electron chi connectivity index (χ2n) is 7.20. The predicted molar refractivity (Wildman–Crippen MR) is 92.9 cm³/mol. The molecule has 2 aliphatic rings. The van der Waals surface area contributed by atoms with E-state index in [4.69, 9.17) is 11.6 Å². The maximum Gasteiger partial charge on any atom is 0.226 e. The fourth-order valence-corrected chi connectivity index (χ4v) is 4.31. The van der Waals surface area contributed by atoms with Gasteiger partial charge in [-0.2, -0.15) is 0 Å². The number of aliphatic carboxylic acids is 1. The summed E-state index contributed by atoms with van der Waals surface area (Å²) < 4.78 is 0. The molecule has 0 radical (unpaired) electrons. The molecule has 1 N–H and O–H groups in total. The number of carbonyl (C=O) groups excluding carboxylic acids is 2. The summed E-state index contributed by atoms with van der Waals surface area (Å²) in [5.41, 5.74) is 1.20. The van der Waals surface area contributed by atoms with E-state index in [1.165, 1.54) is 10.5 Å². The quantitative estimate of drug-likeness (QED) is 0.825. The van der Waals surface area contributed by atoms with Crippen LogP contribution in [0.4, 0.5) is 0 Å². The van der Waals surface area contributed by atoms with Crippen LogP contribution in [0.3, 0.4) is 0 Å². The molecule has 6 heteroatoms. The minimum Gasteiger partial charge on any atom is -0.550 e. The lowest BCUT2D eigenvalue weighted by atomic mass is 9.78. The number of halogens is 1. The Bertz CT molecular complexity index is 629. The molecule has 1 heterocycles. The Labute approximate surface area is 153 Å². The molecule has 0 unspecified atom stereocenters. The third-order valence-electron chi connectivity index (χ3n) is 5.51. The van der Waals surface area contributed by atoms with E-state index < -0.39 is 17.8 Å². The first kappa shape index (κ1) is 18.2. The van der Waals surface area contributed by atoms with Gasteiger partial charge in [0.05, 0.1) is 26.2 Å². The van der Waals surface area contributed by atoms with Crippen molar-refractivity contribution in [3.8, 4) is 0 Å². The number of amides is 1. The van der Waals surface area contributed by atoms with E-state index in [9.17, 15) is 14.7 Å². The van der Waals surface area contributed by atoms with Crippen LogP contribution in [0.25, 0.3) is 0 Å².